The van der Waals surface area contributed by atoms with Gasteiger partial charge in [0.05, 0.1) is 17.6 Å². The van der Waals surface area contributed by atoms with E-state index in [0.29, 0.717) is 17.0 Å². The summed E-state index contributed by atoms with van der Waals surface area (Å²) in [6, 6.07) is 9.76. The Balaban J connectivity index is 2.17. The lowest BCUT2D eigenvalue weighted by Crippen LogP contribution is -2.42. The molecule has 3 nitrogen and oxygen atoms in total. The Morgan fingerprint density at radius 2 is 1.92 bits per heavy atom. The number of rotatable bonds is 2. The van der Waals surface area contributed by atoms with Gasteiger partial charge < -0.3 is 0 Å². The Bertz CT molecular complexity index is 787. The van der Waals surface area contributed by atoms with Crippen molar-refractivity contribution >= 4 is 34.9 Å². The van der Waals surface area contributed by atoms with Crippen molar-refractivity contribution < 1.29 is 4.79 Å². The van der Waals surface area contributed by atoms with Gasteiger partial charge in [0.15, 0.2) is 0 Å². The summed E-state index contributed by atoms with van der Waals surface area (Å²) < 4.78 is 0. The third kappa shape index (κ3) is 3.03. The highest BCUT2D eigenvalue weighted by Crippen LogP contribution is 2.47. The first-order valence-corrected chi connectivity index (χ1v) is 9.50. The van der Waals surface area contributed by atoms with E-state index in [9.17, 15) is 10.1 Å². The van der Waals surface area contributed by atoms with Crippen LogP contribution in [0.3, 0.4) is 0 Å². The van der Waals surface area contributed by atoms with E-state index in [4.69, 9.17) is 16.6 Å². The Kier molecular flexibility index (Phi) is 4.59. The predicted octanol–water partition coefficient (Wildman–Crippen LogP) is 4.98. The van der Waals surface area contributed by atoms with Crippen molar-refractivity contribution in [3.63, 3.8) is 0 Å². The van der Waals surface area contributed by atoms with Crippen LogP contribution < -0.4 is 0 Å². The van der Waals surface area contributed by atoms with Crippen molar-refractivity contribution in [2.75, 3.05) is 6.26 Å². The maximum atomic E-state index is 12.9. The molecule has 0 amide bonds. The fraction of sp³-hybridized carbons (Fsp3) is 0.421. The molecule has 0 spiro atoms. The van der Waals surface area contributed by atoms with E-state index in [0.717, 1.165) is 22.7 Å². The summed E-state index contributed by atoms with van der Waals surface area (Å²) >= 11 is 7.48. The van der Waals surface area contributed by atoms with Crippen molar-refractivity contribution in [2.45, 2.75) is 32.6 Å². The van der Waals surface area contributed by atoms with E-state index in [2.05, 4.69) is 19.9 Å². The van der Waals surface area contributed by atoms with Gasteiger partial charge in [-0.25, -0.2) is 4.99 Å². The number of aliphatic imine (C=N–C) groups is 1. The molecule has 0 bridgehead atoms. The summed E-state index contributed by atoms with van der Waals surface area (Å²) in [6.45, 7) is 4.20. The molecule has 1 saturated carbocycles. The molecule has 3 rings (SSSR count). The highest BCUT2D eigenvalue weighted by molar-refractivity contribution is 8.02. The van der Waals surface area contributed by atoms with Crippen LogP contribution in [0.1, 0.15) is 38.2 Å². The number of carbonyl (C=O) groups is 1. The molecule has 0 saturated heterocycles. The van der Waals surface area contributed by atoms with Crippen molar-refractivity contribution in [1.82, 2.24) is 0 Å². The van der Waals surface area contributed by atoms with Gasteiger partial charge in [-0.2, -0.15) is 5.26 Å². The van der Waals surface area contributed by atoms with Crippen LogP contribution in [-0.4, -0.2) is 17.8 Å². The molecule has 1 aliphatic heterocycles. The topological polar surface area (TPSA) is 53.2 Å². The molecule has 1 aromatic carbocycles. The van der Waals surface area contributed by atoms with E-state index in [-0.39, 0.29) is 23.0 Å². The number of fused-ring (bicyclic) bond motifs is 1. The maximum Gasteiger partial charge on any atom is 0.143 e. The Morgan fingerprint density at radius 3 is 2.50 bits per heavy atom. The molecule has 2 aliphatic rings. The Morgan fingerprint density at radius 1 is 1.25 bits per heavy atom. The molecule has 0 N–H and O–H groups in total. The predicted molar refractivity (Wildman–Crippen MR) is 99.3 cm³/mol. The molecule has 0 radical (unpaired) electrons. The van der Waals surface area contributed by atoms with E-state index in [1.165, 1.54) is 11.8 Å². The number of carbonyl (C=O) groups excluding carboxylic acids is 1. The number of ketones is 1. The van der Waals surface area contributed by atoms with Crippen LogP contribution in [-0.2, 0) is 4.79 Å². The normalized spacial score (nSPS) is 25.8. The number of halogens is 1. The first-order chi connectivity index (χ1) is 11.4. The summed E-state index contributed by atoms with van der Waals surface area (Å²) in [7, 11) is 0. The maximum absolute atomic E-state index is 12.9. The first kappa shape index (κ1) is 17.3. The van der Waals surface area contributed by atoms with Gasteiger partial charge >= 0.3 is 0 Å². The highest BCUT2D eigenvalue weighted by Gasteiger charge is 2.46. The molecule has 1 heterocycles. The summed E-state index contributed by atoms with van der Waals surface area (Å²) in [5.41, 5.74) is 2.38. The molecule has 5 heteroatoms. The number of allylic oxidation sites excluding steroid dienone is 1. The van der Waals surface area contributed by atoms with Crippen molar-refractivity contribution in [1.29, 1.82) is 5.26 Å². The van der Waals surface area contributed by atoms with E-state index < -0.39 is 0 Å². The van der Waals surface area contributed by atoms with Crippen molar-refractivity contribution in [3.05, 3.63) is 45.5 Å². The van der Waals surface area contributed by atoms with Crippen LogP contribution >= 0.6 is 23.4 Å². The molecule has 1 aliphatic carbocycles. The fourth-order valence-corrected chi connectivity index (χ4v) is 4.44. The van der Waals surface area contributed by atoms with Crippen LogP contribution in [0.15, 0.2) is 39.9 Å². The van der Waals surface area contributed by atoms with Gasteiger partial charge in [0.25, 0.3) is 0 Å². The number of thioether (sulfide) groups is 1. The minimum absolute atomic E-state index is 0.0787. The van der Waals surface area contributed by atoms with Gasteiger partial charge in [0.1, 0.15) is 10.8 Å². The van der Waals surface area contributed by atoms with Gasteiger partial charge in [-0.3, -0.25) is 4.79 Å². The first-order valence-electron chi connectivity index (χ1n) is 7.90. The molecule has 124 valence electrons. The van der Waals surface area contributed by atoms with Crippen LogP contribution in [0.4, 0.5) is 0 Å². The second kappa shape index (κ2) is 6.38. The minimum Gasteiger partial charge on any atom is -0.299 e. The summed E-state index contributed by atoms with van der Waals surface area (Å²) in [5.74, 6) is -0.409. The summed E-state index contributed by atoms with van der Waals surface area (Å²) in [5, 5.41) is 11.1. The molecule has 1 aromatic rings. The number of nitriles is 1. The average Bonchev–Trinajstić information content (AvgIpc) is 2.52. The van der Waals surface area contributed by atoms with E-state index >= 15 is 0 Å². The molecule has 1 fully saturated rings. The average molecular weight is 359 g/mol. The van der Waals surface area contributed by atoms with E-state index in [1.54, 1.807) is 0 Å². The lowest BCUT2D eigenvalue weighted by molar-refractivity contribution is -0.124. The number of nitrogens with zero attached hydrogens (tertiary/aromatic N) is 2. The van der Waals surface area contributed by atoms with Gasteiger partial charge in [-0.05, 0) is 35.8 Å². The lowest BCUT2D eigenvalue weighted by Gasteiger charge is -2.40. The summed E-state index contributed by atoms with van der Waals surface area (Å²) in [6.07, 6.45) is 3.23. The number of Topliss-reactive ketones (excluding diaryl/α,β-unsaturated/α-hetero) is 1. The van der Waals surface area contributed by atoms with E-state index in [1.807, 2.05) is 30.5 Å². The fourth-order valence-electron chi connectivity index (χ4n) is 3.71. The zero-order valence-corrected chi connectivity index (χ0v) is 15.5. The second-order valence-electron chi connectivity index (χ2n) is 7.13. The number of hydrogen-bond donors (Lipinski definition) is 0. The van der Waals surface area contributed by atoms with Crippen LogP contribution in [0, 0.1) is 22.7 Å². The zero-order chi connectivity index (χ0) is 17.5. The van der Waals surface area contributed by atoms with Crippen LogP contribution in [0.5, 0.6) is 0 Å². The number of hydrogen-bond acceptors (Lipinski definition) is 4. The smallest absolute Gasteiger partial charge is 0.143 e. The Hall–Kier alpha value is -1.57. The minimum atomic E-state index is -0.329. The molecular weight excluding hydrogens is 340 g/mol. The van der Waals surface area contributed by atoms with Crippen molar-refractivity contribution in [2.24, 2.45) is 16.3 Å². The SMILES string of the molecule is CSC1=C(C#N)[C@H](c2ccc(Cl)cc2)C2C(=O)CC(C)(C)CC2=N1. The lowest BCUT2D eigenvalue weighted by atomic mass is 9.64. The Labute approximate surface area is 151 Å². The largest absolute Gasteiger partial charge is 0.299 e. The van der Waals surface area contributed by atoms with Crippen LogP contribution in [0.2, 0.25) is 5.02 Å². The van der Waals surface area contributed by atoms with Gasteiger partial charge in [-0.1, -0.05) is 37.6 Å². The molecule has 0 aromatic heterocycles. The molecular formula is C19H19ClN2OS. The monoisotopic (exact) mass is 358 g/mol. The molecule has 24 heavy (non-hydrogen) atoms. The molecule has 2 atom stereocenters. The van der Waals surface area contributed by atoms with Crippen LogP contribution in [0.25, 0.3) is 0 Å². The second-order valence-corrected chi connectivity index (χ2v) is 8.36. The standard InChI is InChI=1S/C19H19ClN2OS/c1-19(2)8-14-17(15(23)9-19)16(11-4-6-12(20)7-5-11)13(10-21)18(22-14)24-3/h4-7,16-17H,8-9H2,1-3H3/t16-,17?/m0/s1. The highest BCUT2D eigenvalue weighted by atomic mass is 35.5. The third-order valence-corrected chi connectivity index (χ3v) is 5.63. The van der Waals surface area contributed by atoms with Gasteiger partial charge in [0.2, 0.25) is 0 Å². The molecule has 1 unspecified atom stereocenters. The zero-order valence-electron chi connectivity index (χ0n) is 14.0. The third-order valence-electron chi connectivity index (χ3n) is 4.68. The van der Waals surface area contributed by atoms with Gasteiger partial charge in [-0.15, -0.1) is 11.8 Å². The van der Waals surface area contributed by atoms with Gasteiger partial charge in [0, 0.05) is 23.1 Å². The quantitative estimate of drug-likeness (QED) is 0.749. The number of benzene rings is 1. The van der Waals surface area contributed by atoms with Crippen molar-refractivity contribution in [3.8, 4) is 6.07 Å². The summed E-state index contributed by atoms with van der Waals surface area (Å²) in [4.78, 5) is 17.6.